The van der Waals surface area contributed by atoms with E-state index in [4.69, 9.17) is 16.4 Å². The minimum Gasteiger partial charge on any atom is -0.464 e. The zero-order valence-electron chi connectivity index (χ0n) is 9.48. The van der Waals surface area contributed by atoms with E-state index in [1.165, 1.54) is 21.0 Å². The van der Waals surface area contributed by atoms with Gasteiger partial charge in [0.25, 0.3) is 5.91 Å². The van der Waals surface area contributed by atoms with Crippen LogP contribution in [0, 0.1) is 0 Å². The van der Waals surface area contributed by atoms with Crippen LogP contribution in [-0.4, -0.2) is 48.1 Å². The van der Waals surface area contributed by atoms with E-state index in [0.717, 1.165) is 10.0 Å². The van der Waals surface area contributed by atoms with Gasteiger partial charge in [-0.3, -0.25) is 15.6 Å². The Hall–Kier alpha value is -1.18. The Bertz CT molecular complexity index is 254. The van der Waals surface area contributed by atoms with Crippen molar-refractivity contribution in [2.75, 3.05) is 20.7 Å². The third-order valence-corrected chi connectivity index (χ3v) is 2.12. The Balaban J connectivity index is 5.06. The van der Waals surface area contributed by atoms with E-state index in [2.05, 4.69) is 0 Å². The summed E-state index contributed by atoms with van der Waals surface area (Å²) in [6.45, 7) is 3.17. The molecule has 0 aliphatic carbocycles. The van der Waals surface area contributed by atoms with Crippen molar-refractivity contribution in [3.8, 4) is 0 Å². The van der Waals surface area contributed by atoms with Gasteiger partial charge in [-0.05, 0) is 13.8 Å². The van der Waals surface area contributed by atoms with Crippen molar-refractivity contribution < 1.29 is 14.3 Å². The second-order valence-corrected chi connectivity index (χ2v) is 3.32. The first-order valence-electron chi connectivity index (χ1n) is 4.47. The molecule has 0 radical (unpaired) electrons. The average molecular weight is 218 g/mol. The first-order valence-corrected chi connectivity index (χ1v) is 4.47. The second kappa shape index (κ2) is 5.06. The minimum absolute atomic E-state index is 0.170. The fraction of sp³-hybridized carbons (Fsp3) is 0.750. The molecule has 0 aromatic carbocycles. The second-order valence-electron chi connectivity index (χ2n) is 3.32. The number of ether oxygens (including phenoxy) is 1. The Morgan fingerprint density at radius 3 is 2.07 bits per heavy atom. The predicted octanol–water partition coefficient (Wildman–Crippen LogP) is -1.55. The van der Waals surface area contributed by atoms with Crippen molar-refractivity contribution in [3.63, 3.8) is 0 Å². The molecule has 7 heteroatoms. The molecule has 0 aliphatic heterocycles. The zero-order valence-corrected chi connectivity index (χ0v) is 9.48. The van der Waals surface area contributed by atoms with E-state index in [0.29, 0.717) is 0 Å². The smallest absolute Gasteiger partial charge is 0.337 e. The SMILES string of the molecule is CCOC(=O)C(C)(C(=O)N(C)N)N(C)N. The van der Waals surface area contributed by atoms with Gasteiger partial charge in [0.2, 0.25) is 5.54 Å². The highest BCUT2D eigenvalue weighted by molar-refractivity contribution is 6.06. The Kier molecular flexibility index (Phi) is 4.66. The van der Waals surface area contributed by atoms with Crippen LogP contribution in [0.25, 0.3) is 0 Å². The molecule has 0 aliphatic rings. The molecule has 1 amide bonds. The summed E-state index contributed by atoms with van der Waals surface area (Å²) < 4.78 is 4.78. The molecule has 0 bridgehead atoms. The molecule has 15 heavy (non-hydrogen) atoms. The standard InChI is InChI=1S/C8H18N4O3/c1-5-15-7(14)8(2,12(4)10)6(13)11(3)9/h5,9-10H2,1-4H3. The van der Waals surface area contributed by atoms with Gasteiger partial charge in [-0.1, -0.05) is 0 Å². The fourth-order valence-electron chi connectivity index (χ4n) is 0.997. The summed E-state index contributed by atoms with van der Waals surface area (Å²) in [7, 11) is 2.74. The van der Waals surface area contributed by atoms with Crippen LogP contribution in [0.4, 0.5) is 0 Å². The van der Waals surface area contributed by atoms with Crippen molar-refractivity contribution in [2.45, 2.75) is 19.4 Å². The first kappa shape index (κ1) is 13.8. The van der Waals surface area contributed by atoms with E-state index >= 15 is 0 Å². The van der Waals surface area contributed by atoms with Gasteiger partial charge >= 0.3 is 5.97 Å². The molecule has 88 valence electrons. The van der Waals surface area contributed by atoms with Gasteiger partial charge in [0, 0.05) is 14.1 Å². The summed E-state index contributed by atoms with van der Waals surface area (Å²) >= 11 is 0. The average Bonchev–Trinajstić information content (AvgIpc) is 2.15. The van der Waals surface area contributed by atoms with Gasteiger partial charge in [0.05, 0.1) is 6.61 Å². The van der Waals surface area contributed by atoms with E-state index in [9.17, 15) is 9.59 Å². The van der Waals surface area contributed by atoms with E-state index in [-0.39, 0.29) is 6.61 Å². The number of carbonyl (C=O) groups is 2. The van der Waals surface area contributed by atoms with Gasteiger partial charge in [-0.2, -0.15) is 0 Å². The lowest BCUT2D eigenvalue weighted by molar-refractivity contribution is -0.165. The highest BCUT2D eigenvalue weighted by Gasteiger charge is 2.47. The number of amides is 1. The van der Waals surface area contributed by atoms with Crippen molar-refractivity contribution in [1.82, 2.24) is 10.0 Å². The summed E-state index contributed by atoms with van der Waals surface area (Å²) in [4.78, 5) is 23.3. The quantitative estimate of drug-likeness (QED) is 0.195. The number of hydrogen-bond donors (Lipinski definition) is 2. The minimum atomic E-state index is -1.60. The fourth-order valence-corrected chi connectivity index (χ4v) is 0.997. The molecule has 0 fully saturated rings. The number of rotatable bonds is 4. The van der Waals surface area contributed by atoms with Crippen LogP contribution in [0.5, 0.6) is 0 Å². The molecule has 0 saturated carbocycles. The molecule has 1 atom stereocenters. The molecular formula is C8H18N4O3. The summed E-state index contributed by atoms with van der Waals surface area (Å²) in [6.07, 6.45) is 0. The maximum Gasteiger partial charge on any atom is 0.337 e. The number of hydrogen-bond acceptors (Lipinski definition) is 6. The van der Waals surface area contributed by atoms with E-state index < -0.39 is 17.4 Å². The van der Waals surface area contributed by atoms with Crippen LogP contribution >= 0.6 is 0 Å². The molecule has 0 aromatic rings. The van der Waals surface area contributed by atoms with Crippen LogP contribution in [0.15, 0.2) is 0 Å². The summed E-state index contributed by atoms with van der Waals surface area (Å²) in [6, 6.07) is 0. The molecule has 0 rings (SSSR count). The predicted molar refractivity (Wildman–Crippen MR) is 53.9 cm³/mol. The highest BCUT2D eigenvalue weighted by atomic mass is 16.5. The van der Waals surface area contributed by atoms with Crippen LogP contribution in [0.3, 0.4) is 0 Å². The van der Waals surface area contributed by atoms with Gasteiger partial charge in [0.15, 0.2) is 0 Å². The number of likely N-dealkylation sites (N-methyl/N-ethyl adjacent to an activating group) is 2. The Morgan fingerprint density at radius 2 is 1.80 bits per heavy atom. The molecular weight excluding hydrogens is 200 g/mol. The third-order valence-electron chi connectivity index (χ3n) is 2.12. The summed E-state index contributed by atoms with van der Waals surface area (Å²) in [5, 5.41) is 1.79. The van der Waals surface area contributed by atoms with Gasteiger partial charge in [-0.25, -0.2) is 15.6 Å². The number of hydrazine groups is 2. The lowest BCUT2D eigenvalue weighted by atomic mass is 10.0. The maximum absolute atomic E-state index is 11.7. The van der Waals surface area contributed by atoms with Crippen LogP contribution in [0.2, 0.25) is 0 Å². The van der Waals surface area contributed by atoms with Gasteiger partial charge < -0.3 is 4.74 Å². The Morgan fingerprint density at radius 1 is 1.33 bits per heavy atom. The molecule has 0 saturated heterocycles. The largest absolute Gasteiger partial charge is 0.464 e. The number of carbonyl (C=O) groups excluding carboxylic acids is 2. The summed E-state index contributed by atoms with van der Waals surface area (Å²) in [5.41, 5.74) is -1.60. The van der Waals surface area contributed by atoms with Crippen LogP contribution in [-0.2, 0) is 14.3 Å². The van der Waals surface area contributed by atoms with Crippen molar-refractivity contribution >= 4 is 11.9 Å². The highest BCUT2D eigenvalue weighted by Crippen LogP contribution is 2.14. The molecule has 0 spiro atoms. The summed E-state index contributed by atoms with van der Waals surface area (Å²) in [5.74, 6) is 9.40. The molecule has 0 heterocycles. The number of nitrogens with zero attached hydrogens (tertiary/aromatic N) is 2. The lowest BCUT2D eigenvalue weighted by Crippen LogP contribution is -2.64. The van der Waals surface area contributed by atoms with Gasteiger partial charge in [-0.15, -0.1) is 0 Å². The number of nitrogens with two attached hydrogens (primary N) is 2. The van der Waals surface area contributed by atoms with E-state index in [1.54, 1.807) is 6.92 Å². The number of esters is 1. The molecule has 1 unspecified atom stereocenters. The van der Waals surface area contributed by atoms with Crippen LogP contribution < -0.4 is 11.7 Å². The monoisotopic (exact) mass is 218 g/mol. The zero-order chi connectivity index (χ0) is 12.2. The molecule has 0 aromatic heterocycles. The van der Waals surface area contributed by atoms with Crippen molar-refractivity contribution in [2.24, 2.45) is 11.7 Å². The van der Waals surface area contributed by atoms with Crippen molar-refractivity contribution in [3.05, 3.63) is 0 Å². The molecule has 4 N–H and O–H groups in total. The normalized spacial score (nSPS) is 14.6. The first-order chi connectivity index (χ1) is 6.78. The lowest BCUT2D eigenvalue weighted by Gasteiger charge is -2.33. The van der Waals surface area contributed by atoms with E-state index in [1.807, 2.05) is 0 Å². The topological polar surface area (TPSA) is 102 Å². The van der Waals surface area contributed by atoms with Crippen LogP contribution in [0.1, 0.15) is 13.8 Å². The maximum atomic E-state index is 11.7. The van der Waals surface area contributed by atoms with Gasteiger partial charge in [0.1, 0.15) is 0 Å². The third kappa shape index (κ3) is 2.65. The Labute approximate surface area is 88.9 Å². The molecule has 7 nitrogen and oxygen atoms in total. The van der Waals surface area contributed by atoms with Crippen molar-refractivity contribution in [1.29, 1.82) is 0 Å².